The molecular weight excluding hydrogens is 397 g/mol. The molecule has 0 fully saturated rings. The summed E-state index contributed by atoms with van der Waals surface area (Å²) in [7, 11) is 0. The number of rotatable bonds is 5. The van der Waals surface area contributed by atoms with Crippen LogP contribution in [0.3, 0.4) is 0 Å². The topological polar surface area (TPSA) is 67.5 Å². The summed E-state index contributed by atoms with van der Waals surface area (Å²) < 4.78 is 20.5. The molecule has 1 atom stereocenters. The lowest BCUT2D eigenvalue weighted by molar-refractivity contribution is -0.127. The summed E-state index contributed by atoms with van der Waals surface area (Å²) in [6.45, 7) is 0.777. The van der Waals surface area contributed by atoms with Crippen LogP contribution in [0.5, 0.6) is 0 Å². The minimum absolute atomic E-state index is 0.208. The summed E-state index contributed by atoms with van der Waals surface area (Å²) in [5.41, 5.74) is 2.21. The van der Waals surface area contributed by atoms with Crippen LogP contribution < -0.4 is 5.32 Å². The number of aromatic nitrogens is 1. The number of hydrogen-bond donors (Lipinski definition) is 1. The van der Waals surface area contributed by atoms with Gasteiger partial charge >= 0.3 is 0 Å². The van der Waals surface area contributed by atoms with Crippen molar-refractivity contribution in [2.75, 3.05) is 0 Å². The van der Waals surface area contributed by atoms with Crippen LogP contribution in [0.1, 0.15) is 21.8 Å². The molecule has 156 valence electrons. The summed E-state index contributed by atoms with van der Waals surface area (Å²) in [4.78, 5) is 28.1. The third-order valence-electron chi connectivity index (χ3n) is 5.61. The predicted octanol–water partition coefficient (Wildman–Crippen LogP) is 3.71. The largest absolute Gasteiger partial charge is 0.467 e. The number of para-hydroxylation sites is 1. The van der Waals surface area contributed by atoms with E-state index < -0.39 is 6.04 Å². The van der Waals surface area contributed by atoms with Gasteiger partial charge in [-0.1, -0.05) is 30.3 Å². The van der Waals surface area contributed by atoms with Gasteiger partial charge in [-0.05, 0) is 42.0 Å². The Kier molecular flexibility index (Phi) is 4.78. The van der Waals surface area contributed by atoms with Crippen molar-refractivity contribution in [3.8, 4) is 0 Å². The van der Waals surface area contributed by atoms with Gasteiger partial charge in [0, 0.05) is 17.4 Å². The van der Waals surface area contributed by atoms with E-state index in [2.05, 4.69) is 5.32 Å². The van der Waals surface area contributed by atoms with Crippen LogP contribution >= 0.6 is 0 Å². The summed E-state index contributed by atoms with van der Waals surface area (Å²) >= 11 is 0. The van der Waals surface area contributed by atoms with Crippen LogP contribution in [-0.4, -0.2) is 27.3 Å². The van der Waals surface area contributed by atoms with Crippen molar-refractivity contribution in [2.24, 2.45) is 0 Å². The van der Waals surface area contributed by atoms with E-state index in [1.54, 1.807) is 35.4 Å². The monoisotopic (exact) mass is 417 g/mol. The smallest absolute Gasteiger partial charge is 0.271 e. The summed E-state index contributed by atoms with van der Waals surface area (Å²) in [5.74, 6) is -0.213. The van der Waals surface area contributed by atoms with Crippen LogP contribution in [0.2, 0.25) is 0 Å². The number of hydrogen-bond acceptors (Lipinski definition) is 3. The van der Waals surface area contributed by atoms with E-state index in [9.17, 15) is 14.0 Å². The molecule has 1 aliphatic heterocycles. The highest BCUT2D eigenvalue weighted by atomic mass is 19.1. The summed E-state index contributed by atoms with van der Waals surface area (Å²) in [5, 5.41) is 3.82. The quantitative estimate of drug-likeness (QED) is 0.538. The molecule has 0 spiro atoms. The van der Waals surface area contributed by atoms with Gasteiger partial charge in [0.25, 0.3) is 5.91 Å². The number of nitrogens with one attached hydrogen (secondary N) is 1. The van der Waals surface area contributed by atoms with Crippen molar-refractivity contribution in [2.45, 2.75) is 25.7 Å². The first-order chi connectivity index (χ1) is 15.1. The number of fused-ring (bicyclic) bond motifs is 3. The Morgan fingerprint density at radius 3 is 2.68 bits per heavy atom. The number of benzene rings is 2. The van der Waals surface area contributed by atoms with E-state index in [1.165, 1.54) is 12.1 Å². The van der Waals surface area contributed by atoms with Crippen LogP contribution in [0.25, 0.3) is 10.9 Å². The third-order valence-corrected chi connectivity index (χ3v) is 5.61. The molecule has 0 radical (unpaired) electrons. The van der Waals surface area contributed by atoms with Crippen molar-refractivity contribution in [3.63, 3.8) is 0 Å². The first-order valence-corrected chi connectivity index (χ1v) is 10.0. The minimum atomic E-state index is -0.712. The fourth-order valence-corrected chi connectivity index (χ4v) is 4.04. The van der Waals surface area contributed by atoms with Crippen LogP contribution in [-0.2, 0) is 24.4 Å². The zero-order valence-corrected chi connectivity index (χ0v) is 16.6. The second-order valence-electron chi connectivity index (χ2n) is 7.57. The number of nitrogens with zero attached hydrogens (tertiary/aromatic N) is 2. The first kappa shape index (κ1) is 19.1. The van der Waals surface area contributed by atoms with Crippen LogP contribution in [0.15, 0.2) is 77.4 Å². The van der Waals surface area contributed by atoms with Gasteiger partial charge in [-0.25, -0.2) is 4.39 Å². The Morgan fingerprint density at radius 2 is 1.90 bits per heavy atom. The highest BCUT2D eigenvalue weighted by Gasteiger charge is 2.37. The standard InChI is InChI=1S/C24H20FN3O3/c25-18-9-7-16(8-10-18)14-28-22(23(29)26-13-19-5-3-11-31-19)15-27-20-6-2-1-4-17(20)12-21(27)24(28)30/h1-12,22H,13-15H2,(H,26,29)/t22-/m0/s1. The Bertz CT molecular complexity index is 1250. The lowest BCUT2D eigenvalue weighted by atomic mass is 10.1. The number of carbonyl (C=O) groups excluding carboxylic acids is 2. The van der Waals surface area contributed by atoms with Crippen molar-refractivity contribution in [3.05, 3.63) is 95.8 Å². The van der Waals surface area contributed by atoms with E-state index in [0.29, 0.717) is 18.0 Å². The van der Waals surface area contributed by atoms with Gasteiger partial charge in [0.15, 0.2) is 0 Å². The second-order valence-corrected chi connectivity index (χ2v) is 7.57. The predicted molar refractivity (Wildman–Crippen MR) is 113 cm³/mol. The fraction of sp³-hybridized carbons (Fsp3) is 0.167. The molecule has 5 rings (SSSR count). The Morgan fingerprint density at radius 1 is 1.10 bits per heavy atom. The lowest BCUT2D eigenvalue weighted by Gasteiger charge is -2.36. The normalized spacial score (nSPS) is 15.8. The Labute approximate surface area is 177 Å². The molecule has 0 bridgehead atoms. The average molecular weight is 417 g/mol. The molecule has 31 heavy (non-hydrogen) atoms. The molecule has 1 N–H and O–H groups in total. The number of halogens is 1. The van der Waals surface area contributed by atoms with Gasteiger partial charge in [0.05, 0.1) is 19.4 Å². The van der Waals surface area contributed by atoms with E-state index in [4.69, 9.17) is 4.42 Å². The second kappa shape index (κ2) is 7.75. The van der Waals surface area contributed by atoms with E-state index in [1.807, 2.05) is 34.9 Å². The molecule has 2 aromatic heterocycles. The van der Waals surface area contributed by atoms with Gasteiger partial charge < -0.3 is 19.2 Å². The van der Waals surface area contributed by atoms with Crippen LogP contribution in [0, 0.1) is 5.82 Å². The maximum atomic E-state index is 13.4. The SMILES string of the molecule is O=C(NCc1ccco1)[C@@H]1Cn2c(cc3ccccc32)C(=O)N1Cc1ccc(F)cc1. The van der Waals surface area contributed by atoms with Gasteiger partial charge in [-0.2, -0.15) is 0 Å². The van der Waals surface area contributed by atoms with Gasteiger partial charge in [0.1, 0.15) is 23.3 Å². The van der Waals surface area contributed by atoms with Gasteiger partial charge in [-0.15, -0.1) is 0 Å². The zero-order chi connectivity index (χ0) is 21.4. The minimum Gasteiger partial charge on any atom is -0.467 e. The summed E-state index contributed by atoms with van der Waals surface area (Å²) in [6, 6.07) is 18.4. The van der Waals surface area contributed by atoms with Crippen molar-refractivity contribution < 1.29 is 18.4 Å². The van der Waals surface area contributed by atoms with Gasteiger partial charge in [0.2, 0.25) is 5.91 Å². The van der Waals surface area contributed by atoms with Gasteiger partial charge in [-0.3, -0.25) is 9.59 Å². The molecule has 1 aliphatic rings. The summed E-state index contributed by atoms with van der Waals surface area (Å²) in [6.07, 6.45) is 1.55. The van der Waals surface area contributed by atoms with E-state index in [0.717, 1.165) is 16.5 Å². The van der Waals surface area contributed by atoms with Crippen molar-refractivity contribution in [1.29, 1.82) is 0 Å². The Balaban J connectivity index is 1.49. The average Bonchev–Trinajstić information content (AvgIpc) is 3.43. The molecule has 0 saturated carbocycles. The highest BCUT2D eigenvalue weighted by molar-refractivity contribution is 6.02. The van der Waals surface area contributed by atoms with E-state index in [-0.39, 0.29) is 30.7 Å². The molecule has 7 heteroatoms. The van der Waals surface area contributed by atoms with Crippen LogP contribution in [0.4, 0.5) is 4.39 Å². The van der Waals surface area contributed by atoms with Crippen molar-refractivity contribution >= 4 is 22.7 Å². The Hall–Kier alpha value is -3.87. The first-order valence-electron chi connectivity index (χ1n) is 10.0. The lowest BCUT2D eigenvalue weighted by Crippen LogP contribution is -2.54. The number of amides is 2. The maximum absolute atomic E-state index is 13.4. The molecule has 3 heterocycles. The maximum Gasteiger partial charge on any atom is 0.271 e. The molecule has 2 amide bonds. The third kappa shape index (κ3) is 3.59. The number of furan rings is 1. The number of carbonyl (C=O) groups is 2. The molecule has 6 nitrogen and oxygen atoms in total. The van der Waals surface area contributed by atoms with E-state index >= 15 is 0 Å². The molecule has 4 aromatic rings. The molecule has 0 aliphatic carbocycles. The molecule has 0 saturated heterocycles. The molecular formula is C24H20FN3O3. The zero-order valence-electron chi connectivity index (χ0n) is 16.6. The molecule has 2 aromatic carbocycles. The fourth-order valence-electron chi connectivity index (χ4n) is 4.04. The molecule has 0 unspecified atom stereocenters. The highest BCUT2D eigenvalue weighted by Crippen LogP contribution is 2.28. The van der Waals surface area contributed by atoms with Crippen molar-refractivity contribution in [1.82, 2.24) is 14.8 Å².